The number of carbonyl (C=O) groups is 1. The van der Waals surface area contributed by atoms with Crippen molar-refractivity contribution in [2.24, 2.45) is 5.41 Å². The lowest BCUT2D eigenvalue weighted by molar-refractivity contribution is -0.123. The van der Waals surface area contributed by atoms with Crippen molar-refractivity contribution in [3.8, 4) is 5.75 Å². The van der Waals surface area contributed by atoms with Crippen LogP contribution in [-0.4, -0.2) is 31.6 Å². The van der Waals surface area contributed by atoms with Crippen molar-refractivity contribution in [2.75, 3.05) is 12.4 Å². The molecule has 2 aromatic rings. The van der Waals surface area contributed by atoms with E-state index in [9.17, 15) is 13.2 Å². The van der Waals surface area contributed by atoms with Crippen LogP contribution in [0.4, 0.5) is 5.13 Å². The first-order valence-corrected chi connectivity index (χ1v) is 10.1. The summed E-state index contributed by atoms with van der Waals surface area (Å²) in [4.78, 5) is 12.0. The molecule has 0 saturated heterocycles. The lowest BCUT2D eigenvalue weighted by Gasteiger charge is -2.15. The molecule has 0 spiro atoms. The van der Waals surface area contributed by atoms with E-state index in [1.807, 2.05) is 0 Å². The third-order valence-corrected chi connectivity index (χ3v) is 6.23. The molecule has 0 radical (unpaired) electrons. The van der Waals surface area contributed by atoms with E-state index in [4.69, 9.17) is 4.74 Å². The fraction of sp³-hybridized carbons (Fsp3) is 0.438. The van der Waals surface area contributed by atoms with Gasteiger partial charge in [-0.25, -0.2) is 13.1 Å². The Morgan fingerprint density at radius 3 is 2.35 bits per heavy atom. The number of nitrogens with one attached hydrogen (secondary N) is 2. The SMILES string of the molecule is COc1ccc([C@@H](C)NS(=O)(=O)c2nnc(NC(=O)C(C)(C)C)s2)cc1. The zero-order valence-corrected chi connectivity index (χ0v) is 16.9. The summed E-state index contributed by atoms with van der Waals surface area (Å²) < 4.78 is 32.4. The summed E-state index contributed by atoms with van der Waals surface area (Å²) in [6.45, 7) is 6.97. The van der Waals surface area contributed by atoms with Crippen LogP contribution in [0.15, 0.2) is 28.6 Å². The molecule has 0 unspecified atom stereocenters. The van der Waals surface area contributed by atoms with Crippen LogP contribution >= 0.6 is 11.3 Å². The van der Waals surface area contributed by atoms with Gasteiger partial charge in [-0.1, -0.05) is 44.2 Å². The maximum Gasteiger partial charge on any atom is 0.270 e. The van der Waals surface area contributed by atoms with Gasteiger partial charge in [0.2, 0.25) is 15.4 Å². The number of rotatable bonds is 6. The molecule has 1 amide bonds. The standard InChI is InChI=1S/C16H22N4O4S2/c1-10(11-6-8-12(24-5)9-7-11)20-26(22,23)15-19-18-14(25-15)17-13(21)16(2,3)4/h6-10,20H,1-5H3,(H,17,18,21)/t10-/m1/s1. The van der Waals surface area contributed by atoms with Gasteiger partial charge in [0, 0.05) is 11.5 Å². The highest BCUT2D eigenvalue weighted by atomic mass is 32.2. The van der Waals surface area contributed by atoms with Gasteiger partial charge in [0.15, 0.2) is 0 Å². The molecule has 1 heterocycles. The fourth-order valence-corrected chi connectivity index (χ4v) is 4.04. The largest absolute Gasteiger partial charge is 0.497 e. The van der Waals surface area contributed by atoms with Gasteiger partial charge in [-0.05, 0) is 24.6 Å². The van der Waals surface area contributed by atoms with Crippen LogP contribution in [0.25, 0.3) is 0 Å². The first-order valence-electron chi connectivity index (χ1n) is 7.84. The molecule has 2 N–H and O–H groups in total. The minimum Gasteiger partial charge on any atom is -0.497 e. The van der Waals surface area contributed by atoms with Crippen molar-refractivity contribution >= 4 is 32.4 Å². The molecular formula is C16H22N4O4S2. The van der Waals surface area contributed by atoms with Gasteiger partial charge in [0.25, 0.3) is 10.0 Å². The van der Waals surface area contributed by atoms with E-state index in [1.54, 1.807) is 59.1 Å². The van der Waals surface area contributed by atoms with E-state index >= 15 is 0 Å². The lowest BCUT2D eigenvalue weighted by atomic mass is 9.96. The monoisotopic (exact) mass is 398 g/mol. The number of ether oxygens (including phenoxy) is 1. The van der Waals surface area contributed by atoms with Gasteiger partial charge in [-0.15, -0.1) is 10.2 Å². The van der Waals surface area contributed by atoms with Crippen LogP contribution in [0, 0.1) is 5.41 Å². The minimum absolute atomic E-state index is 0.141. The number of anilines is 1. The van der Waals surface area contributed by atoms with Crippen molar-refractivity contribution in [3.05, 3.63) is 29.8 Å². The van der Waals surface area contributed by atoms with E-state index in [2.05, 4.69) is 20.2 Å². The predicted octanol–water partition coefficient (Wildman–Crippen LogP) is 2.57. The summed E-state index contributed by atoms with van der Waals surface area (Å²) in [5.41, 5.74) is 0.159. The van der Waals surface area contributed by atoms with Crippen molar-refractivity contribution in [2.45, 2.75) is 38.1 Å². The molecule has 8 nitrogen and oxygen atoms in total. The second kappa shape index (κ2) is 7.68. The summed E-state index contributed by atoms with van der Waals surface area (Å²) in [5.74, 6) is 0.421. The molecule has 1 aromatic carbocycles. The third-order valence-electron chi connectivity index (χ3n) is 3.49. The summed E-state index contributed by atoms with van der Waals surface area (Å²) in [6.07, 6.45) is 0. The Balaban J connectivity index is 2.11. The van der Waals surface area contributed by atoms with E-state index < -0.39 is 21.5 Å². The highest BCUT2D eigenvalue weighted by Gasteiger charge is 2.26. The minimum atomic E-state index is -3.86. The quantitative estimate of drug-likeness (QED) is 0.724. The average Bonchev–Trinajstić information content (AvgIpc) is 3.03. The Morgan fingerprint density at radius 2 is 1.81 bits per heavy atom. The predicted molar refractivity (Wildman–Crippen MR) is 99.7 cm³/mol. The highest BCUT2D eigenvalue weighted by Crippen LogP contribution is 2.25. The number of hydrogen-bond acceptors (Lipinski definition) is 7. The Morgan fingerprint density at radius 1 is 1.19 bits per heavy atom. The lowest BCUT2D eigenvalue weighted by Crippen LogP contribution is -2.27. The number of nitrogens with zero attached hydrogens (tertiary/aromatic N) is 2. The number of sulfonamides is 1. The highest BCUT2D eigenvalue weighted by molar-refractivity contribution is 7.91. The maximum atomic E-state index is 12.5. The average molecular weight is 399 g/mol. The third kappa shape index (κ3) is 4.99. The van der Waals surface area contributed by atoms with Crippen LogP contribution < -0.4 is 14.8 Å². The molecule has 0 aliphatic carbocycles. The smallest absolute Gasteiger partial charge is 0.270 e. The molecule has 10 heteroatoms. The first-order chi connectivity index (χ1) is 12.0. The Hall–Kier alpha value is -2.04. The van der Waals surface area contributed by atoms with Crippen molar-refractivity contribution in [1.29, 1.82) is 0 Å². The van der Waals surface area contributed by atoms with Crippen LogP contribution in [0.3, 0.4) is 0 Å². The van der Waals surface area contributed by atoms with E-state index in [1.165, 1.54) is 0 Å². The van der Waals surface area contributed by atoms with Gasteiger partial charge < -0.3 is 10.1 Å². The van der Waals surface area contributed by atoms with E-state index in [-0.39, 0.29) is 15.4 Å². The Kier molecular flexibility index (Phi) is 5.99. The number of carbonyl (C=O) groups excluding carboxylic acids is 1. The molecule has 0 saturated carbocycles. The van der Waals surface area contributed by atoms with Crippen molar-refractivity contribution in [3.63, 3.8) is 0 Å². The molecular weight excluding hydrogens is 376 g/mol. The number of hydrogen-bond donors (Lipinski definition) is 2. The maximum absolute atomic E-state index is 12.5. The molecule has 2 rings (SSSR count). The molecule has 1 aromatic heterocycles. The second-order valence-corrected chi connectivity index (χ2v) is 9.56. The first kappa shape index (κ1) is 20.3. The molecule has 0 aliphatic heterocycles. The van der Waals surface area contributed by atoms with E-state index in [0.717, 1.165) is 16.9 Å². The molecule has 0 bridgehead atoms. The molecule has 0 fully saturated rings. The topological polar surface area (TPSA) is 110 Å². The number of amides is 1. The van der Waals surface area contributed by atoms with Gasteiger partial charge in [0.05, 0.1) is 7.11 Å². The van der Waals surface area contributed by atoms with Gasteiger partial charge in [0.1, 0.15) is 5.75 Å². The summed E-state index contributed by atoms with van der Waals surface area (Å²) in [6, 6.07) is 6.60. The number of methoxy groups -OCH3 is 1. The Labute approximate surface area is 157 Å². The molecule has 1 atom stereocenters. The van der Waals surface area contributed by atoms with Gasteiger partial charge in [-0.3, -0.25) is 4.79 Å². The second-order valence-electron chi connectivity index (χ2n) is 6.69. The molecule has 142 valence electrons. The van der Waals surface area contributed by atoms with Crippen LogP contribution in [0.5, 0.6) is 5.75 Å². The van der Waals surface area contributed by atoms with Crippen molar-refractivity contribution in [1.82, 2.24) is 14.9 Å². The van der Waals surface area contributed by atoms with Crippen molar-refractivity contribution < 1.29 is 17.9 Å². The number of aromatic nitrogens is 2. The van der Waals surface area contributed by atoms with E-state index in [0.29, 0.717) is 5.75 Å². The zero-order valence-electron chi connectivity index (χ0n) is 15.2. The summed E-state index contributed by atoms with van der Waals surface area (Å²) in [7, 11) is -2.30. The summed E-state index contributed by atoms with van der Waals surface area (Å²) in [5, 5.41) is 10.1. The molecule has 0 aliphatic rings. The summed E-state index contributed by atoms with van der Waals surface area (Å²) >= 11 is 0.803. The van der Waals surface area contributed by atoms with Gasteiger partial charge in [-0.2, -0.15) is 0 Å². The Bertz CT molecular complexity index is 870. The fourth-order valence-electron chi connectivity index (χ4n) is 1.90. The normalized spacial score (nSPS) is 13.3. The molecule has 26 heavy (non-hydrogen) atoms. The van der Waals surface area contributed by atoms with Crippen LogP contribution in [-0.2, 0) is 14.8 Å². The van der Waals surface area contributed by atoms with Crippen LogP contribution in [0.2, 0.25) is 0 Å². The van der Waals surface area contributed by atoms with Crippen LogP contribution in [0.1, 0.15) is 39.3 Å². The van der Waals surface area contributed by atoms with Gasteiger partial charge >= 0.3 is 0 Å². The number of benzene rings is 1. The zero-order chi connectivity index (χ0) is 19.5.